The van der Waals surface area contributed by atoms with E-state index in [1.54, 1.807) is 0 Å². The highest BCUT2D eigenvalue weighted by Crippen LogP contribution is 2.13. The van der Waals surface area contributed by atoms with Crippen LogP contribution in [0.4, 0.5) is 0 Å². The van der Waals surface area contributed by atoms with Crippen LogP contribution in [0.1, 0.15) is 44.3 Å². The second kappa shape index (κ2) is 6.99. The molecule has 0 bridgehead atoms. The molecule has 0 saturated carbocycles. The monoisotopic (exact) mass is 317 g/mol. The first-order valence-electron chi connectivity index (χ1n) is 7.22. The van der Waals surface area contributed by atoms with Crippen molar-refractivity contribution in [2.24, 2.45) is 7.05 Å². The summed E-state index contributed by atoms with van der Waals surface area (Å²) in [5.41, 5.74) is 3.25. The van der Waals surface area contributed by atoms with Crippen molar-refractivity contribution >= 4 is 11.9 Å². The van der Waals surface area contributed by atoms with Gasteiger partial charge in [0, 0.05) is 19.3 Å². The van der Waals surface area contributed by atoms with E-state index in [1.165, 1.54) is 5.56 Å². The van der Waals surface area contributed by atoms with E-state index in [4.69, 9.17) is 5.11 Å². The topological polar surface area (TPSA) is 110 Å². The van der Waals surface area contributed by atoms with Crippen molar-refractivity contribution in [2.45, 2.75) is 26.7 Å². The third-order valence-electron chi connectivity index (χ3n) is 3.65. The minimum Gasteiger partial charge on any atom is -0.476 e. The Balaban J connectivity index is 1.84. The van der Waals surface area contributed by atoms with Gasteiger partial charge in [-0.2, -0.15) is 5.10 Å². The van der Waals surface area contributed by atoms with Crippen LogP contribution in [0, 0.1) is 13.8 Å². The number of carbonyl (C=O) groups excluding carboxylic acids is 1. The molecule has 8 nitrogen and oxygen atoms in total. The van der Waals surface area contributed by atoms with Crippen molar-refractivity contribution in [3.05, 3.63) is 40.7 Å². The molecule has 2 aromatic heterocycles. The Labute approximate surface area is 133 Å². The number of aromatic nitrogens is 4. The van der Waals surface area contributed by atoms with Crippen LogP contribution < -0.4 is 5.32 Å². The van der Waals surface area contributed by atoms with E-state index >= 15 is 0 Å². The number of rotatable bonds is 6. The molecule has 0 fully saturated rings. The smallest absolute Gasteiger partial charge is 0.356 e. The van der Waals surface area contributed by atoms with E-state index < -0.39 is 5.97 Å². The Hall–Kier alpha value is -2.77. The van der Waals surface area contributed by atoms with Gasteiger partial charge >= 0.3 is 5.97 Å². The largest absolute Gasteiger partial charge is 0.476 e. The van der Waals surface area contributed by atoms with E-state index in [0.29, 0.717) is 6.54 Å². The molecule has 0 spiro atoms. The van der Waals surface area contributed by atoms with Crippen molar-refractivity contribution in [3.8, 4) is 0 Å². The van der Waals surface area contributed by atoms with Gasteiger partial charge in [0.15, 0.2) is 5.69 Å². The molecular formula is C15H19N5O3. The van der Waals surface area contributed by atoms with Crippen LogP contribution in [-0.2, 0) is 13.5 Å². The van der Waals surface area contributed by atoms with Crippen molar-refractivity contribution < 1.29 is 14.7 Å². The highest BCUT2D eigenvalue weighted by atomic mass is 16.4. The molecule has 0 atom stereocenters. The molecule has 0 unspecified atom stereocenters. The zero-order chi connectivity index (χ0) is 17.0. The van der Waals surface area contributed by atoms with Gasteiger partial charge in [-0.1, -0.05) is 0 Å². The van der Waals surface area contributed by atoms with Gasteiger partial charge in [0.2, 0.25) is 0 Å². The Bertz CT molecular complexity index is 721. The fourth-order valence-corrected chi connectivity index (χ4v) is 2.29. The van der Waals surface area contributed by atoms with Gasteiger partial charge in [-0.15, -0.1) is 0 Å². The number of amides is 1. The molecule has 2 aromatic rings. The molecule has 1 amide bonds. The van der Waals surface area contributed by atoms with Crippen LogP contribution in [0.25, 0.3) is 0 Å². The summed E-state index contributed by atoms with van der Waals surface area (Å²) in [6.07, 6.45) is 3.84. The molecule has 122 valence electrons. The molecular weight excluding hydrogens is 298 g/mol. The first kappa shape index (κ1) is 16.6. The zero-order valence-corrected chi connectivity index (χ0v) is 13.3. The van der Waals surface area contributed by atoms with Crippen LogP contribution in [0.5, 0.6) is 0 Å². The fourth-order valence-electron chi connectivity index (χ4n) is 2.29. The SMILES string of the molecule is Cc1nn(C)c(C)c1CCCNC(=O)c1cnc(C(=O)O)cn1. The molecule has 0 aliphatic rings. The molecule has 0 saturated heterocycles. The maximum absolute atomic E-state index is 11.9. The molecule has 2 heterocycles. The Kier molecular flexibility index (Phi) is 5.05. The van der Waals surface area contributed by atoms with Gasteiger partial charge in [-0.25, -0.2) is 14.8 Å². The lowest BCUT2D eigenvalue weighted by Gasteiger charge is -2.05. The van der Waals surface area contributed by atoms with Crippen LogP contribution in [-0.4, -0.2) is 43.3 Å². The minimum atomic E-state index is -1.17. The summed E-state index contributed by atoms with van der Waals surface area (Å²) < 4.78 is 1.85. The van der Waals surface area contributed by atoms with Crippen LogP contribution >= 0.6 is 0 Å². The standard InChI is InChI=1S/C15H19N5O3/c1-9-11(10(2)20(3)19-9)5-4-6-16-14(21)12-7-18-13(8-17-12)15(22)23/h7-8H,4-6H2,1-3H3,(H,16,21)(H,22,23). The fraction of sp³-hybridized carbons (Fsp3) is 0.400. The maximum Gasteiger partial charge on any atom is 0.356 e. The molecule has 0 aliphatic carbocycles. The summed E-state index contributed by atoms with van der Waals surface area (Å²) in [6.45, 7) is 4.49. The molecule has 2 N–H and O–H groups in total. The summed E-state index contributed by atoms with van der Waals surface area (Å²) in [6, 6.07) is 0. The summed E-state index contributed by atoms with van der Waals surface area (Å²) >= 11 is 0. The molecule has 2 rings (SSSR count). The number of nitrogens with one attached hydrogen (secondary N) is 1. The summed E-state index contributed by atoms with van der Waals surface area (Å²) in [5, 5.41) is 15.8. The maximum atomic E-state index is 11.9. The second-order valence-electron chi connectivity index (χ2n) is 5.22. The van der Waals surface area contributed by atoms with Gasteiger partial charge in [0.1, 0.15) is 5.69 Å². The summed E-state index contributed by atoms with van der Waals surface area (Å²) in [5.74, 6) is -1.54. The normalized spacial score (nSPS) is 10.6. The van der Waals surface area contributed by atoms with Gasteiger partial charge < -0.3 is 10.4 Å². The number of carboxylic acids is 1. The summed E-state index contributed by atoms with van der Waals surface area (Å²) in [7, 11) is 1.91. The molecule has 0 radical (unpaired) electrons. The molecule has 0 aromatic carbocycles. The average Bonchev–Trinajstić information content (AvgIpc) is 2.77. The van der Waals surface area contributed by atoms with Crippen LogP contribution in [0.3, 0.4) is 0 Å². The number of carboxylic acid groups (broad SMARTS) is 1. The lowest BCUT2D eigenvalue weighted by atomic mass is 10.1. The van der Waals surface area contributed by atoms with Gasteiger partial charge in [-0.3, -0.25) is 9.48 Å². The van der Waals surface area contributed by atoms with Crippen LogP contribution in [0.15, 0.2) is 12.4 Å². The van der Waals surface area contributed by atoms with E-state index in [9.17, 15) is 9.59 Å². The predicted molar refractivity (Wildman–Crippen MR) is 82.3 cm³/mol. The Morgan fingerprint density at radius 2 is 1.87 bits per heavy atom. The van der Waals surface area contributed by atoms with Gasteiger partial charge in [0.05, 0.1) is 18.1 Å². The first-order valence-corrected chi connectivity index (χ1v) is 7.22. The van der Waals surface area contributed by atoms with E-state index in [-0.39, 0.29) is 17.3 Å². The highest BCUT2D eigenvalue weighted by Gasteiger charge is 2.11. The number of nitrogens with zero attached hydrogens (tertiary/aromatic N) is 4. The quantitative estimate of drug-likeness (QED) is 0.766. The van der Waals surface area contributed by atoms with E-state index in [1.807, 2.05) is 25.6 Å². The predicted octanol–water partition coefficient (Wildman–Crippen LogP) is 0.888. The molecule has 23 heavy (non-hydrogen) atoms. The van der Waals surface area contributed by atoms with Crippen molar-refractivity contribution in [3.63, 3.8) is 0 Å². The Morgan fingerprint density at radius 1 is 1.22 bits per heavy atom. The van der Waals surface area contributed by atoms with Gasteiger partial charge in [0.25, 0.3) is 5.91 Å². The highest BCUT2D eigenvalue weighted by molar-refractivity contribution is 5.92. The van der Waals surface area contributed by atoms with Gasteiger partial charge in [-0.05, 0) is 32.3 Å². The third kappa shape index (κ3) is 3.91. The Morgan fingerprint density at radius 3 is 2.39 bits per heavy atom. The van der Waals surface area contributed by atoms with E-state index in [0.717, 1.165) is 36.6 Å². The number of aromatic carboxylic acids is 1. The van der Waals surface area contributed by atoms with E-state index in [2.05, 4.69) is 20.4 Å². The number of hydrogen-bond acceptors (Lipinski definition) is 5. The lowest BCUT2D eigenvalue weighted by Crippen LogP contribution is -2.26. The number of aryl methyl sites for hydroxylation is 2. The van der Waals surface area contributed by atoms with Crippen molar-refractivity contribution in [2.75, 3.05) is 6.54 Å². The molecule has 8 heteroatoms. The van der Waals surface area contributed by atoms with Crippen LogP contribution in [0.2, 0.25) is 0 Å². The summed E-state index contributed by atoms with van der Waals surface area (Å²) in [4.78, 5) is 30.0. The van der Waals surface area contributed by atoms with Crippen molar-refractivity contribution in [1.82, 2.24) is 25.1 Å². The third-order valence-corrected chi connectivity index (χ3v) is 3.65. The number of hydrogen-bond donors (Lipinski definition) is 2. The number of carbonyl (C=O) groups is 2. The minimum absolute atomic E-state index is 0.101. The van der Waals surface area contributed by atoms with Crippen molar-refractivity contribution in [1.29, 1.82) is 0 Å². The average molecular weight is 317 g/mol. The second-order valence-corrected chi connectivity index (χ2v) is 5.22. The molecule has 0 aliphatic heterocycles. The lowest BCUT2D eigenvalue weighted by molar-refractivity contribution is 0.0689. The zero-order valence-electron chi connectivity index (χ0n) is 13.3. The first-order chi connectivity index (χ1) is 10.9.